The van der Waals surface area contributed by atoms with Gasteiger partial charge in [0, 0.05) is 41.5 Å². The summed E-state index contributed by atoms with van der Waals surface area (Å²) in [6.07, 6.45) is 5.13. The lowest BCUT2D eigenvalue weighted by molar-refractivity contribution is 0.0947. The van der Waals surface area contributed by atoms with Gasteiger partial charge < -0.3 is 11.1 Å². The molecule has 0 bridgehead atoms. The van der Waals surface area contributed by atoms with Crippen LogP contribution in [0.2, 0.25) is 5.02 Å². The minimum atomic E-state index is -0.272. The molecule has 0 aliphatic heterocycles. The number of anilines is 1. The lowest BCUT2D eigenvalue weighted by Crippen LogP contribution is -2.28. The molecule has 5 aromatic rings. The standard InChI is InChI=1S/C21H17ClN8O/c22-13-2-4-17(25-10-13)21(31)24-7-8-30-11-15-14-3-1-12(16-5-6-26-28-16)9-18(14)27-20(23)19(15)29-30/h1-6,9-11H,7-8H2,(H2,23,27)(H,24,31)(H,26,28). The fourth-order valence-corrected chi connectivity index (χ4v) is 3.53. The Kier molecular flexibility index (Phi) is 4.72. The molecule has 4 N–H and O–H groups in total. The summed E-state index contributed by atoms with van der Waals surface area (Å²) >= 11 is 5.80. The number of halogens is 1. The second-order valence-electron chi connectivity index (χ2n) is 6.96. The average Bonchev–Trinajstić information content (AvgIpc) is 3.44. The van der Waals surface area contributed by atoms with Crippen molar-refractivity contribution < 1.29 is 4.79 Å². The van der Waals surface area contributed by atoms with E-state index in [0.29, 0.717) is 35.1 Å². The number of nitrogen functional groups attached to an aromatic ring is 1. The maximum atomic E-state index is 12.2. The van der Waals surface area contributed by atoms with Crippen LogP contribution in [0.4, 0.5) is 5.82 Å². The van der Waals surface area contributed by atoms with Gasteiger partial charge in [-0.2, -0.15) is 10.2 Å². The van der Waals surface area contributed by atoms with Crippen LogP contribution in [-0.2, 0) is 6.54 Å². The van der Waals surface area contributed by atoms with Gasteiger partial charge in [0.25, 0.3) is 5.91 Å². The third-order valence-corrected chi connectivity index (χ3v) is 5.14. The van der Waals surface area contributed by atoms with Crippen molar-refractivity contribution in [1.82, 2.24) is 35.3 Å². The molecule has 1 amide bonds. The minimum Gasteiger partial charge on any atom is -0.382 e. The molecule has 0 spiro atoms. The van der Waals surface area contributed by atoms with Crippen molar-refractivity contribution >= 4 is 45.1 Å². The third-order valence-electron chi connectivity index (χ3n) is 4.92. The second kappa shape index (κ2) is 7.69. The largest absolute Gasteiger partial charge is 0.382 e. The van der Waals surface area contributed by atoms with Crippen LogP contribution in [0.3, 0.4) is 0 Å². The predicted molar refractivity (Wildman–Crippen MR) is 119 cm³/mol. The normalized spacial score (nSPS) is 11.3. The van der Waals surface area contributed by atoms with Crippen molar-refractivity contribution in [2.45, 2.75) is 6.54 Å². The number of carbonyl (C=O) groups is 1. The minimum absolute atomic E-state index is 0.272. The SMILES string of the molecule is Nc1nc2cc(-c3cc[nH]n3)ccc2c2cn(CCNC(=O)c3ccc(Cl)cn3)nc12. The molecule has 5 rings (SSSR count). The highest BCUT2D eigenvalue weighted by Crippen LogP contribution is 2.29. The number of hydrogen-bond acceptors (Lipinski definition) is 6. The van der Waals surface area contributed by atoms with Gasteiger partial charge in [-0.3, -0.25) is 14.6 Å². The molecule has 0 atom stereocenters. The Bertz CT molecular complexity index is 1390. The first-order chi connectivity index (χ1) is 15.1. The monoisotopic (exact) mass is 432 g/mol. The summed E-state index contributed by atoms with van der Waals surface area (Å²) in [5.41, 5.74) is 9.67. The zero-order valence-corrected chi connectivity index (χ0v) is 17.0. The van der Waals surface area contributed by atoms with Gasteiger partial charge in [0.1, 0.15) is 11.2 Å². The number of H-pyrrole nitrogens is 1. The number of pyridine rings is 2. The molecule has 10 heteroatoms. The lowest BCUT2D eigenvalue weighted by Gasteiger charge is -2.04. The number of benzene rings is 1. The summed E-state index contributed by atoms with van der Waals surface area (Å²) in [6, 6.07) is 11.0. The Balaban J connectivity index is 1.37. The lowest BCUT2D eigenvalue weighted by atomic mass is 10.1. The first kappa shape index (κ1) is 19.0. The molecule has 4 aromatic heterocycles. The van der Waals surface area contributed by atoms with E-state index in [-0.39, 0.29) is 5.91 Å². The number of rotatable bonds is 5. The fourth-order valence-electron chi connectivity index (χ4n) is 3.42. The summed E-state index contributed by atoms with van der Waals surface area (Å²) < 4.78 is 1.75. The highest BCUT2D eigenvalue weighted by molar-refractivity contribution is 6.30. The Labute approximate surface area is 181 Å². The molecule has 0 aliphatic rings. The topological polar surface area (TPSA) is 127 Å². The molecular formula is C21H17ClN8O. The summed E-state index contributed by atoms with van der Waals surface area (Å²) in [4.78, 5) is 20.7. The molecule has 31 heavy (non-hydrogen) atoms. The molecule has 0 radical (unpaired) electrons. The van der Waals surface area contributed by atoms with Crippen LogP contribution in [-0.4, -0.2) is 42.4 Å². The maximum Gasteiger partial charge on any atom is 0.269 e. The highest BCUT2D eigenvalue weighted by Gasteiger charge is 2.13. The van der Waals surface area contributed by atoms with Gasteiger partial charge in [0.05, 0.1) is 22.8 Å². The van der Waals surface area contributed by atoms with Crippen molar-refractivity contribution in [3.8, 4) is 11.3 Å². The van der Waals surface area contributed by atoms with Crippen LogP contribution in [0.25, 0.3) is 33.1 Å². The van der Waals surface area contributed by atoms with Gasteiger partial charge in [-0.15, -0.1) is 0 Å². The molecule has 4 heterocycles. The predicted octanol–water partition coefficient (Wildman–Crippen LogP) is 3.04. The number of aromatic amines is 1. The molecule has 154 valence electrons. The van der Waals surface area contributed by atoms with Gasteiger partial charge in [-0.1, -0.05) is 23.7 Å². The van der Waals surface area contributed by atoms with E-state index in [1.165, 1.54) is 6.20 Å². The molecule has 9 nitrogen and oxygen atoms in total. The van der Waals surface area contributed by atoms with Gasteiger partial charge in [0.2, 0.25) is 0 Å². The number of fused-ring (bicyclic) bond motifs is 3. The molecule has 0 saturated heterocycles. The second-order valence-corrected chi connectivity index (χ2v) is 7.40. The van der Waals surface area contributed by atoms with Crippen LogP contribution in [0.1, 0.15) is 10.5 Å². The van der Waals surface area contributed by atoms with Crippen LogP contribution < -0.4 is 11.1 Å². The van der Waals surface area contributed by atoms with Crippen LogP contribution in [0.5, 0.6) is 0 Å². The average molecular weight is 433 g/mol. The molecular weight excluding hydrogens is 416 g/mol. The van der Waals surface area contributed by atoms with Crippen LogP contribution >= 0.6 is 11.6 Å². The van der Waals surface area contributed by atoms with E-state index in [1.54, 1.807) is 23.0 Å². The number of nitrogens with two attached hydrogens (primary N) is 1. The van der Waals surface area contributed by atoms with E-state index in [2.05, 4.69) is 30.6 Å². The van der Waals surface area contributed by atoms with Gasteiger partial charge in [0.15, 0.2) is 5.82 Å². The number of hydrogen-bond donors (Lipinski definition) is 3. The van der Waals surface area contributed by atoms with Crippen molar-refractivity contribution in [1.29, 1.82) is 0 Å². The summed E-state index contributed by atoms with van der Waals surface area (Å²) in [7, 11) is 0. The van der Waals surface area contributed by atoms with E-state index in [9.17, 15) is 4.79 Å². The molecule has 0 aliphatic carbocycles. The number of amides is 1. The smallest absolute Gasteiger partial charge is 0.269 e. The Morgan fingerprint density at radius 3 is 2.87 bits per heavy atom. The van der Waals surface area contributed by atoms with E-state index >= 15 is 0 Å². The first-order valence-corrected chi connectivity index (χ1v) is 9.92. The molecule has 0 unspecified atom stereocenters. The molecule has 0 fully saturated rings. The Morgan fingerprint density at radius 1 is 1.19 bits per heavy atom. The van der Waals surface area contributed by atoms with E-state index in [1.807, 2.05) is 30.5 Å². The fraction of sp³-hybridized carbons (Fsp3) is 0.0952. The van der Waals surface area contributed by atoms with E-state index in [0.717, 1.165) is 27.5 Å². The van der Waals surface area contributed by atoms with E-state index < -0.39 is 0 Å². The number of nitrogens with one attached hydrogen (secondary N) is 2. The summed E-state index contributed by atoms with van der Waals surface area (Å²) in [5.74, 6) is 0.0840. The quantitative estimate of drug-likeness (QED) is 0.391. The van der Waals surface area contributed by atoms with Crippen LogP contribution in [0.15, 0.2) is 55.0 Å². The Morgan fingerprint density at radius 2 is 2.10 bits per heavy atom. The highest BCUT2D eigenvalue weighted by atomic mass is 35.5. The van der Waals surface area contributed by atoms with Crippen molar-refractivity contribution in [2.75, 3.05) is 12.3 Å². The summed E-state index contributed by atoms with van der Waals surface area (Å²) in [6.45, 7) is 0.853. The molecule has 0 saturated carbocycles. The van der Waals surface area contributed by atoms with Gasteiger partial charge in [-0.25, -0.2) is 9.97 Å². The maximum absolute atomic E-state index is 12.2. The van der Waals surface area contributed by atoms with Crippen molar-refractivity contribution in [3.05, 3.63) is 65.7 Å². The zero-order valence-electron chi connectivity index (χ0n) is 16.2. The van der Waals surface area contributed by atoms with Crippen molar-refractivity contribution in [2.24, 2.45) is 0 Å². The van der Waals surface area contributed by atoms with Gasteiger partial charge >= 0.3 is 0 Å². The third kappa shape index (κ3) is 3.66. The number of nitrogens with zero attached hydrogens (tertiary/aromatic N) is 5. The van der Waals surface area contributed by atoms with Crippen molar-refractivity contribution in [3.63, 3.8) is 0 Å². The van der Waals surface area contributed by atoms with Crippen LogP contribution in [0, 0.1) is 0 Å². The summed E-state index contributed by atoms with van der Waals surface area (Å²) in [5, 5.41) is 16.7. The van der Waals surface area contributed by atoms with E-state index in [4.69, 9.17) is 17.3 Å². The number of carbonyl (C=O) groups excluding carboxylic acids is 1. The first-order valence-electron chi connectivity index (χ1n) is 9.55. The Hall–Kier alpha value is -3.98. The molecule has 1 aromatic carbocycles. The number of aromatic nitrogens is 6. The zero-order chi connectivity index (χ0) is 21.4. The van der Waals surface area contributed by atoms with Gasteiger partial charge in [-0.05, 0) is 24.3 Å².